The smallest absolute Gasteiger partial charge is 0.240 e. The number of rotatable bonds is 5. The molecule has 24 heavy (non-hydrogen) atoms. The number of thiazole rings is 1. The predicted octanol–water partition coefficient (Wildman–Crippen LogP) is 3.98. The topological polar surface area (TPSA) is 45.2 Å². The molecule has 0 bridgehead atoms. The molecule has 3 aromatic rings. The average molecular weight is 337 g/mol. The molecule has 1 N–H and O–H groups in total. The van der Waals surface area contributed by atoms with Gasteiger partial charge >= 0.3 is 0 Å². The van der Waals surface area contributed by atoms with Crippen LogP contribution in [0.4, 0.5) is 5.13 Å². The summed E-state index contributed by atoms with van der Waals surface area (Å²) in [6.07, 6.45) is 0. The Bertz CT molecular complexity index is 756. The van der Waals surface area contributed by atoms with Gasteiger partial charge in [0.25, 0.3) is 0 Å². The molecule has 1 aromatic heterocycles. The van der Waals surface area contributed by atoms with Crippen LogP contribution in [0.3, 0.4) is 0 Å². The third-order valence-electron chi connectivity index (χ3n) is 3.42. The summed E-state index contributed by atoms with van der Waals surface area (Å²) >= 11 is 1.50. The standard InChI is InChI=1S/C19H19N3OS/c1-22(2)13-16(23)20-19-21-17(14-9-5-3-6-10-14)18(24-19)15-11-7-4-8-12-15/h3-12H,13H2,1-2H3,(H,20,21,23). The van der Waals surface area contributed by atoms with Gasteiger partial charge in [0.05, 0.1) is 17.1 Å². The summed E-state index contributed by atoms with van der Waals surface area (Å²) in [6, 6.07) is 20.2. The van der Waals surface area contributed by atoms with E-state index < -0.39 is 0 Å². The minimum atomic E-state index is -0.0621. The van der Waals surface area contributed by atoms with Crippen LogP contribution < -0.4 is 5.32 Å². The van der Waals surface area contributed by atoms with E-state index in [1.54, 1.807) is 0 Å². The molecule has 2 aromatic carbocycles. The highest BCUT2D eigenvalue weighted by molar-refractivity contribution is 7.19. The summed E-state index contributed by atoms with van der Waals surface area (Å²) in [4.78, 5) is 19.6. The fraction of sp³-hybridized carbons (Fsp3) is 0.158. The van der Waals surface area contributed by atoms with Crippen LogP contribution in [0, 0.1) is 0 Å². The molecule has 0 saturated heterocycles. The van der Waals surface area contributed by atoms with Gasteiger partial charge in [-0.15, -0.1) is 0 Å². The predicted molar refractivity (Wildman–Crippen MR) is 100 cm³/mol. The molecule has 122 valence electrons. The van der Waals surface area contributed by atoms with Crippen LogP contribution in [-0.4, -0.2) is 36.4 Å². The van der Waals surface area contributed by atoms with Crippen molar-refractivity contribution in [2.45, 2.75) is 0 Å². The third kappa shape index (κ3) is 3.88. The molecule has 0 spiro atoms. The first kappa shape index (κ1) is 16.4. The van der Waals surface area contributed by atoms with Crippen molar-refractivity contribution in [3.05, 3.63) is 60.7 Å². The van der Waals surface area contributed by atoms with Gasteiger partial charge in [0.15, 0.2) is 5.13 Å². The number of anilines is 1. The Morgan fingerprint density at radius 2 is 1.58 bits per heavy atom. The van der Waals surface area contributed by atoms with E-state index in [4.69, 9.17) is 0 Å². The number of carbonyl (C=O) groups excluding carboxylic acids is 1. The van der Waals surface area contributed by atoms with Crippen molar-refractivity contribution in [3.8, 4) is 21.7 Å². The van der Waals surface area contributed by atoms with Gasteiger partial charge in [-0.1, -0.05) is 72.0 Å². The molecular formula is C19H19N3OS. The van der Waals surface area contributed by atoms with Crippen molar-refractivity contribution >= 4 is 22.4 Å². The second kappa shape index (κ2) is 7.38. The first-order chi connectivity index (χ1) is 11.6. The molecule has 1 heterocycles. The molecule has 0 atom stereocenters. The number of nitrogens with one attached hydrogen (secondary N) is 1. The van der Waals surface area contributed by atoms with Gasteiger partial charge in [-0.05, 0) is 19.7 Å². The van der Waals surface area contributed by atoms with E-state index in [1.165, 1.54) is 11.3 Å². The van der Waals surface area contributed by atoms with E-state index >= 15 is 0 Å². The maximum absolute atomic E-state index is 12.0. The second-order valence-electron chi connectivity index (χ2n) is 5.71. The number of likely N-dealkylation sites (N-methyl/N-ethyl adjacent to an activating group) is 1. The first-order valence-electron chi connectivity index (χ1n) is 7.70. The van der Waals surface area contributed by atoms with Crippen LogP contribution in [0.5, 0.6) is 0 Å². The lowest BCUT2D eigenvalue weighted by Crippen LogP contribution is -2.26. The highest BCUT2D eigenvalue weighted by Gasteiger charge is 2.16. The fourth-order valence-electron chi connectivity index (χ4n) is 2.40. The molecule has 0 saturated carbocycles. The van der Waals surface area contributed by atoms with Crippen LogP contribution in [-0.2, 0) is 4.79 Å². The van der Waals surface area contributed by atoms with Crippen molar-refractivity contribution in [1.82, 2.24) is 9.88 Å². The van der Waals surface area contributed by atoms with Crippen molar-refractivity contribution < 1.29 is 4.79 Å². The average Bonchev–Trinajstić information content (AvgIpc) is 2.99. The molecule has 0 radical (unpaired) electrons. The van der Waals surface area contributed by atoms with Gasteiger partial charge < -0.3 is 10.2 Å². The normalized spacial score (nSPS) is 10.8. The van der Waals surface area contributed by atoms with E-state index in [1.807, 2.05) is 67.5 Å². The number of carbonyl (C=O) groups is 1. The van der Waals surface area contributed by atoms with Gasteiger partial charge in [-0.2, -0.15) is 0 Å². The number of nitrogens with zero attached hydrogens (tertiary/aromatic N) is 2. The first-order valence-corrected chi connectivity index (χ1v) is 8.51. The second-order valence-corrected chi connectivity index (χ2v) is 6.71. The van der Waals surface area contributed by atoms with Gasteiger partial charge in [0.1, 0.15) is 0 Å². The van der Waals surface area contributed by atoms with Crippen LogP contribution in [0.2, 0.25) is 0 Å². The Balaban J connectivity index is 1.99. The van der Waals surface area contributed by atoms with E-state index in [0.717, 1.165) is 21.7 Å². The SMILES string of the molecule is CN(C)CC(=O)Nc1nc(-c2ccccc2)c(-c2ccccc2)s1. The molecule has 0 aliphatic rings. The lowest BCUT2D eigenvalue weighted by molar-refractivity contribution is -0.116. The Morgan fingerprint density at radius 1 is 1.00 bits per heavy atom. The Morgan fingerprint density at radius 3 is 2.17 bits per heavy atom. The van der Waals surface area contributed by atoms with Crippen LogP contribution in [0.1, 0.15) is 0 Å². The summed E-state index contributed by atoms with van der Waals surface area (Å²) < 4.78 is 0. The summed E-state index contributed by atoms with van der Waals surface area (Å²) in [5, 5.41) is 3.52. The van der Waals surface area contributed by atoms with E-state index in [9.17, 15) is 4.79 Å². The quantitative estimate of drug-likeness (QED) is 0.766. The van der Waals surface area contributed by atoms with Crippen molar-refractivity contribution in [2.75, 3.05) is 26.0 Å². The van der Waals surface area contributed by atoms with E-state index in [2.05, 4.69) is 22.4 Å². The molecule has 0 fully saturated rings. The lowest BCUT2D eigenvalue weighted by atomic mass is 10.1. The maximum atomic E-state index is 12.0. The Hall–Kier alpha value is -2.50. The zero-order chi connectivity index (χ0) is 16.9. The summed E-state index contributed by atoms with van der Waals surface area (Å²) in [5.41, 5.74) is 3.04. The number of aromatic nitrogens is 1. The summed E-state index contributed by atoms with van der Waals surface area (Å²) in [6.45, 7) is 0.334. The van der Waals surface area contributed by atoms with Crippen LogP contribution >= 0.6 is 11.3 Å². The largest absolute Gasteiger partial charge is 0.301 e. The molecule has 0 aliphatic heterocycles. The number of hydrogen-bond donors (Lipinski definition) is 1. The highest BCUT2D eigenvalue weighted by atomic mass is 32.1. The zero-order valence-corrected chi connectivity index (χ0v) is 14.5. The van der Waals surface area contributed by atoms with E-state index in [-0.39, 0.29) is 5.91 Å². The third-order valence-corrected chi connectivity index (χ3v) is 4.44. The molecule has 4 nitrogen and oxygen atoms in total. The number of benzene rings is 2. The van der Waals surface area contributed by atoms with Gasteiger partial charge in [0.2, 0.25) is 5.91 Å². The minimum Gasteiger partial charge on any atom is -0.301 e. The Kier molecular flexibility index (Phi) is 5.03. The monoisotopic (exact) mass is 337 g/mol. The summed E-state index contributed by atoms with van der Waals surface area (Å²) in [5.74, 6) is -0.0621. The van der Waals surface area contributed by atoms with Gasteiger partial charge in [-0.3, -0.25) is 4.79 Å². The van der Waals surface area contributed by atoms with Gasteiger partial charge in [-0.25, -0.2) is 4.98 Å². The zero-order valence-electron chi connectivity index (χ0n) is 13.7. The fourth-order valence-corrected chi connectivity index (χ4v) is 3.41. The highest BCUT2D eigenvalue weighted by Crippen LogP contribution is 2.38. The van der Waals surface area contributed by atoms with E-state index in [0.29, 0.717) is 11.7 Å². The van der Waals surface area contributed by atoms with Crippen molar-refractivity contribution in [1.29, 1.82) is 0 Å². The number of amides is 1. The lowest BCUT2D eigenvalue weighted by Gasteiger charge is -2.07. The number of hydrogen-bond acceptors (Lipinski definition) is 4. The van der Waals surface area contributed by atoms with Crippen molar-refractivity contribution in [3.63, 3.8) is 0 Å². The summed E-state index contributed by atoms with van der Waals surface area (Å²) in [7, 11) is 3.73. The van der Waals surface area contributed by atoms with Crippen LogP contribution in [0.25, 0.3) is 21.7 Å². The molecular weight excluding hydrogens is 318 g/mol. The molecule has 5 heteroatoms. The molecule has 0 unspecified atom stereocenters. The van der Waals surface area contributed by atoms with Gasteiger partial charge in [0, 0.05) is 5.56 Å². The minimum absolute atomic E-state index is 0.0621. The van der Waals surface area contributed by atoms with Crippen LogP contribution in [0.15, 0.2) is 60.7 Å². The maximum Gasteiger partial charge on any atom is 0.240 e. The molecule has 1 amide bonds. The molecule has 3 rings (SSSR count). The Labute approximate surface area is 145 Å². The van der Waals surface area contributed by atoms with Crippen molar-refractivity contribution in [2.24, 2.45) is 0 Å². The molecule has 0 aliphatic carbocycles.